The molecule has 2 amide bonds. The lowest BCUT2D eigenvalue weighted by Gasteiger charge is -2.35. The first-order valence-electron chi connectivity index (χ1n) is 11.9. The number of amides is 2. The largest absolute Gasteiger partial charge is 0.335 e. The minimum atomic E-state index is -0.597. The average Bonchev–Trinajstić information content (AvgIpc) is 2.92. The molecule has 0 atom stereocenters. The zero-order valence-corrected chi connectivity index (χ0v) is 22.3. The van der Waals surface area contributed by atoms with Crippen LogP contribution in [0, 0.1) is 16.3 Å². The van der Waals surface area contributed by atoms with E-state index in [0.717, 1.165) is 9.13 Å². The van der Waals surface area contributed by atoms with Crippen molar-refractivity contribution in [2.75, 3.05) is 26.2 Å². The number of nitrogens with zero attached hydrogens (tertiary/aromatic N) is 3. The summed E-state index contributed by atoms with van der Waals surface area (Å²) in [7, 11) is 0. The summed E-state index contributed by atoms with van der Waals surface area (Å²) >= 11 is 2.21. The molecule has 1 N–H and O–H groups in total. The van der Waals surface area contributed by atoms with Crippen LogP contribution in [-0.4, -0.2) is 58.0 Å². The fourth-order valence-electron chi connectivity index (χ4n) is 4.54. The highest BCUT2D eigenvalue weighted by molar-refractivity contribution is 14.1. The van der Waals surface area contributed by atoms with Crippen molar-refractivity contribution in [3.8, 4) is 0 Å². The van der Waals surface area contributed by atoms with Gasteiger partial charge in [0.15, 0.2) is 0 Å². The highest BCUT2D eigenvalue weighted by Gasteiger charge is 2.27. The molecule has 5 rings (SSSR count). The van der Waals surface area contributed by atoms with E-state index in [2.05, 4.69) is 32.8 Å². The molecule has 7 nitrogen and oxygen atoms in total. The Hall–Kier alpha value is -3.60. The van der Waals surface area contributed by atoms with Crippen molar-refractivity contribution in [2.45, 2.75) is 13.3 Å². The number of rotatable bonds is 4. The van der Waals surface area contributed by atoms with Crippen LogP contribution >= 0.6 is 22.6 Å². The Labute approximate surface area is 226 Å². The first-order valence-corrected chi connectivity index (χ1v) is 13.0. The van der Waals surface area contributed by atoms with Crippen LogP contribution in [0.25, 0.3) is 10.8 Å². The number of benzene rings is 3. The van der Waals surface area contributed by atoms with Crippen LogP contribution in [0.3, 0.4) is 0 Å². The van der Waals surface area contributed by atoms with Crippen molar-refractivity contribution in [1.82, 2.24) is 20.0 Å². The van der Waals surface area contributed by atoms with Crippen molar-refractivity contribution in [3.63, 3.8) is 0 Å². The Balaban J connectivity index is 1.30. The number of aromatic amines is 1. The monoisotopic (exact) mass is 610 g/mol. The molecule has 1 aliphatic rings. The van der Waals surface area contributed by atoms with Gasteiger partial charge in [-0.25, -0.2) is 9.49 Å². The maximum Gasteiger partial charge on any atom is 0.272 e. The summed E-state index contributed by atoms with van der Waals surface area (Å²) in [5.74, 6) is -1.07. The van der Waals surface area contributed by atoms with Gasteiger partial charge in [0, 0.05) is 47.1 Å². The summed E-state index contributed by atoms with van der Waals surface area (Å²) in [6.45, 7) is 3.40. The topological polar surface area (TPSA) is 86.4 Å². The number of fused-ring (bicyclic) bond motifs is 1. The Morgan fingerprint density at radius 3 is 2.32 bits per heavy atom. The van der Waals surface area contributed by atoms with Crippen molar-refractivity contribution in [3.05, 3.63) is 108 Å². The summed E-state index contributed by atoms with van der Waals surface area (Å²) in [6, 6.07) is 17.2. The van der Waals surface area contributed by atoms with Crippen LogP contribution in [0.2, 0.25) is 0 Å². The summed E-state index contributed by atoms with van der Waals surface area (Å²) in [6.07, 6.45) is 0.329. The summed E-state index contributed by atoms with van der Waals surface area (Å²) in [5, 5.41) is 7.93. The van der Waals surface area contributed by atoms with Gasteiger partial charge in [0.1, 0.15) is 5.82 Å². The number of aryl methyl sites for hydroxylation is 1. The number of nitrogens with one attached hydrogen (secondary N) is 1. The number of halogens is 2. The van der Waals surface area contributed by atoms with E-state index in [4.69, 9.17) is 0 Å². The second-order valence-corrected chi connectivity index (χ2v) is 10.2. The van der Waals surface area contributed by atoms with E-state index < -0.39 is 11.7 Å². The quantitative estimate of drug-likeness (QED) is 0.352. The van der Waals surface area contributed by atoms with Crippen LogP contribution < -0.4 is 5.56 Å². The fraction of sp³-hybridized carbons (Fsp3) is 0.214. The van der Waals surface area contributed by atoms with Crippen LogP contribution in [0.4, 0.5) is 4.39 Å². The van der Waals surface area contributed by atoms with Crippen molar-refractivity contribution in [2.24, 2.45) is 0 Å². The molecule has 0 saturated carbocycles. The smallest absolute Gasteiger partial charge is 0.272 e. The zero-order chi connectivity index (χ0) is 26.1. The second kappa shape index (κ2) is 10.4. The molecule has 3 aromatic carbocycles. The molecule has 4 aromatic rings. The van der Waals surface area contributed by atoms with E-state index in [1.807, 2.05) is 37.3 Å². The van der Waals surface area contributed by atoms with Gasteiger partial charge in [-0.15, -0.1) is 0 Å². The van der Waals surface area contributed by atoms with Crippen LogP contribution in [0.5, 0.6) is 0 Å². The van der Waals surface area contributed by atoms with Crippen molar-refractivity contribution in [1.29, 1.82) is 0 Å². The lowest BCUT2D eigenvalue weighted by molar-refractivity contribution is 0.0532. The lowest BCUT2D eigenvalue weighted by Crippen LogP contribution is -2.50. The number of H-pyrrole nitrogens is 1. The average molecular weight is 610 g/mol. The predicted molar refractivity (Wildman–Crippen MR) is 147 cm³/mol. The third kappa shape index (κ3) is 5.13. The molecular formula is C28H24FIN4O3. The summed E-state index contributed by atoms with van der Waals surface area (Å²) in [5.41, 5.74) is 2.79. The molecule has 1 fully saturated rings. The number of carbonyl (C=O) groups excluding carboxylic acids is 2. The van der Waals surface area contributed by atoms with E-state index in [1.165, 1.54) is 6.07 Å². The number of hydrogen-bond donors (Lipinski definition) is 1. The molecule has 188 valence electrons. The zero-order valence-electron chi connectivity index (χ0n) is 20.1. The highest BCUT2D eigenvalue weighted by atomic mass is 127. The van der Waals surface area contributed by atoms with Crippen molar-refractivity contribution < 1.29 is 14.0 Å². The Kier molecular flexibility index (Phi) is 7.05. The fourth-order valence-corrected chi connectivity index (χ4v) is 5.05. The standard InChI is InChI=1S/C28H24FIN4O3/c1-17-6-8-19(16-24(17)30)27(36)33-10-12-34(13-11-33)28(37)22-14-18(7-9-23(22)29)15-25-20-4-2-3-5-21(20)26(35)32-31-25/h2-9,14,16H,10-13,15H2,1H3,(H,32,35). The molecule has 37 heavy (non-hydrogen) atoms. The molecular weight excluding hydrogens is 586 g/mol. The molecule has 1 aromatic heterocycles. The first-order chi connectivity index (χ1) is 17.8. The maximum absolute atomic E-state index is 14.7. The molecule has 1 aliphatic heterocycles. The van der Waals surface area contributed by atoms with Gasteiger partial charge in [0.25, 0.3) is 17.4 Å². The Bertz CT molecular complexity index is 1580. The predicted octanol–water partition coefficient (Wildman–Crippen LogP) is 4.16. The van der Waals surface area contributed by atoms with Gasteiger partial charge in [-0.05, 0) is 71.0 Å². The molecule has 1 saturated heterocycles. The molecule has 0 aliphatic carbocycles. The molecule has 9 heteroatoms. The minimum Gasteiger partial charge on any atom is -0.335 e. The van der Waals surface area contributed by atoms with Crippen LogP contribution in [-0.2, 0) is 6.42 Å². The Morgan fingerprint density at radius 1 is 0.946 bits per heavy atom. The van der Waals surface area contributed by atoms with Crippen molar-refractivity contribution >= 4 is 45.2 Å². The number of piperazine rings is 1. The van der Waals surface area contributed by atoms with Gasteiger partial charge in [-0.3, -0.25) is 14.4 Å². The van der Waals surface area contributed by atoms with Gasteiger partial charge in [0.05, 0.1) is 16.6 Å². The SMILES string of the molecule is Cc1ccc(C(=O)N2CCN(C(=O)c3cc(Cc4n[nH]c(=O)c5ccccc45)ccc3F)CC2)cc1I. The van der Waals surface area contributed by atoms with E-state index in [1.54, 1.807) is 34.1 Å². The van der Waals surface area contributed by atoms with Gasteiger partial charge in [-0.1, -0.05) is 30.3 Å². The van der Waals surface area contributed by atoms with Gasteiger partial charge in [-0.2, -0.15) is 5.10 Å². The minimum absolute atomic E-state index is 0.0147. The third-order valence-electron chi connectivity index (χ3n) is 6.68. The van der Waals surface area contributed by atoms with E-state index >= 15 is 0 Å². The summed E-state index contributed by atoms with van der Waals surface area (Å²) in [4.78, 5) is 41.5. The van der Waals surface area contributed by atoms with Crippen LogP contribution in [0.15, 0.2) is 65.5 Å². The molecule has 0 radical (unpaired) electrons. The first kappa shape index (κ1) is 25.1. The summed E-state index contributed by atoms with van der Waals surface area (Å²) < 4.78 is 15.8. The molecule has 0 unspecified atom stereocenters. The van der Waals surface area contributed by atoms with E-state index in [0.29, 0.717) is 60.2 Å². The Morgan fingerprint density at radius 2 is 1.62 bits per heavy atom. The molecule has 0 bridgehead atoms. The second-order valence-electron chi connectivity index (χ2n) is 9.08. The number of hydrogen-bond acceptors (Lipinski definition) is 4. The van der Waals surface area contributed by atoms with E-state index in [-0.39, 0.29) is 17.0 Å². The third-order valence-corrected chi connectivity index (χ3v) is 7.84. The van der Waals surface area contributed by atoms with Gasteiger partial charge in [0.2, 0.25) is 0 Å². The van der Waals surface area contributed by atoms with Gasteiger partial charge >= 0.3 is 0 Å². The van der Waals surface area contributed by atoms with Gasteiger partial charge < -0.3 is 9.80 Å². The lowest BCUT2D eigenvalue weighted by atomic mass is 10.0. The van der Waals surface area contributed by atoms with E-state index in [9.17, 15) is 18.8 Å². The number of aromatic nitrogens is 2. The van der Waals surface area contributed by atoms with Crippen LogP contribution in [0.1, 0.15) is 37.5 Å². The molecule has 2 heterocycles. The number of carbonyl (C=O) groups is 2. The highest BCUT2D eigenvalue weighted by Crippen LogP contribution is 2.21. The normalized spacial score (nSPS) is 13.7. The maximum atomic E-state index is 14.7. The molecule has 0 spiro atoms.